The van der Waals surface area contributed by atoms with Gasteiger partial charge in [-0.25, -0.2) is 0 Å². The van der Waals surface area contributed by atoms with Crippen LogP contribution in [0.1, 0.15) is 37.3 Å². The SMILES string of the molecule is [2H]c1c([2H])c([2H])c2c(c1[2H])c1c([2H])c([2H])c([2H])c([2H])c1n2-c1ccc2c(c1)N(c1ccc(C(C)(C)C)cc1-c1ccccc1)c1cc(-c3cccc4c3oc3cc(-c5ccccc5-c5ccccc5)c5oc6ccccc6c5c34)cc3c1B2c1ccc(-n2c4ccccc4c4ccncc42)cc1O3. The quantitative estimate of drug-likeness (QED) is 0.149. The molecule has 2 aliphatic rings. The van der Waals surface area contributed by atoms with Gasteiger partial charge in [-0.1, -0.05) is 215 Å². The van der Waals surface area contributed by atoms with Crippen LogP contribution < -0.4 is 26.0 Å². The van der Waals surface area contributed by atoms with Gasteiger partial charge in [0.25, 0.3) is 6.71 Å². The van der Waals surface area contributed by atoms with E-state index in [9.17, 15) is 5.48 Å². The van der Waals surface area contributed by atoms with E-state index in [4.69, 9.17) is 19.1 Å². The van der Waals surface area contributed by atoms with Gasteiger partial charge < -0.3 is 27.6 Å². The molecule has 5 aromatic heterocycles. The number of anilines is 3. The third-order valence-electron chi connectivity index (χ3n) is 19.7. The lowest BCUT2D eigenvalue weighted by molar-refractivity contribution is 0.487. The number of ether oxygens (including phenoxy) is 1. The lowest BCUT2D eigenvalue weighted by atomic mass is 9.34. The highest BCUT2D eigenvalue weighted by atomic mass is 16.5. The predicted octanol–water partition coefficient (Wildman–Crippen LogP) is 21.4. The van der Waals surface area contributed by atoms with E-state index in [0.717, 1.165) is 138 Å². The van der Waals surface area contributed by atoms with Gasteiger partial charge in [-0.05, 0) is 134 Å². The van der Waals surface area contributed by atoms with Crippen LogP contribution in [0, 0.1) is 0 Å². The number of para-hydroxylation sites is 5. The lowest BCUT2D eigenvalue weighted by Gasteiger charge is -2.41. The molecule has 0 atom stereocenters. The highest BCUT2D eigenvalue weighted by molar-refractivity contribution is 6.99. The molecular formula is C87H57BN4O3. The highest BCUT2D eigenvalue weighted by Crippen LogP contribution is 2.52. The van der Waals surface area contributed by atoms with Crippen molar-refractivity contribution < 1.29 is 24.5 Å². The van der Waals surface area contributed by atoms with Gasteiger partial charge in [0, 0.05) is 94.8 Å². The van der Waals surface area contributed by atoms with Crippen LogP contribution in [-0.2, 0) is 5.41 Å². The minimum absolute atomic E-state index is 0.00536. The van der Waals surface area contributed by atoms with E-state index in [-0.39, 0.29) is 39.3 Å². The number of nitrogens with zero attached hydrogens (tertiary/aromatic N) is 4. The molecular weight excluding hydrogens is 1160 g/mol. The van der Waals surface area contributed by atoms with Gasteiger partial charge in [-0.2, -0.15) is 0 Å². The summed E-state index contributed by atoms with van der Waals surface area (Å²) in [5.41, 5.74) is 19.5. The van der Waals surface area contributed by atoms with Gasteiger partial charge in [-0.3, -0.25) is 4.98 Å². The Morgan fingerprint density at radius 2 is 1.04 bits per heavy atom. The molecule has 0 N–H and O–H groups in total. The van der Waals surface area contributed by atoms with Crippen molar-refractivity contribution in [3.8, 4) is 67.4 Å². The molecule has 2 aliphatic heterocycles. The summed E-state index contributed by atoms with van der Waals surface area (Å²) in [6.45, 7) is 6.13. The summed E-state index contributed by atoms with van der Waals surface area (Å²) in [4.78, 5) is 6.92. The van der Waals surface area contributed by atoms with Crippen molar-refractivity contribution in [1.29, 1.82) is 0 Å². The van der Waals surface area contributed by atoms with Crippen LogP contribution in [0.25, 0.3) is 143 Å². The molecule has 0 spiro atoms. The highest BCUT2D eigenvalue weighted by Gasteiger charge is 2.44. The van der Waals surface area contributed by atoms with Crippen LogP contribution in [0.2, 0.25) is 0 Å². The Hall–Kier alpha value is -12.1. The number of furan rings is 2. The number of aromatic nitrogens is 3. The van der Waals surface area contributed by atoms with Gasteiger partial charge in [0.2, 0.25) is 0 Å². The first kappa shape index (κ1) is 46.0. The normalized spacial score (nSPS) is 14.0. The first-order chi connectivity index (χ1) is 50.1. The van der Waals surface area contributed by atoms with E-state index in [2.05, 4.69) is 211 Å². The van der Waals surface area contributed by atoms with E-state index in [0.29, 0.717) is 34.0 Å². The average molecular weight is 1230 g/mol. The molecule has 0 fully saturated rings. The summed E-state index contributed by atoms with van der Waals surface area (Å²) < 4.78 is 100. The van der Waals surface area contributed by atoms with Crippen molar-refractivity contribution in [2.24, 2.45) is 0 Å². The van der Waals surface area contributed by atoms with Crippen LogP contribution >= 0.6 is 0 Å². The molecule has 13 aromatic carbocycles. The van der Waals surface area contributed by atoms with Gasteiger partial charge in [0.05, 0.1) is 44.9 Å². The van der Waals surface area contributed by atoms with E-state index in [1.807, 2.05) is 67.0 Å². The molecule has 18 aromatic rings. The van der Waals surface area contributed by atoms with E-state index in [1.165, 1.54) is 0 Å². The maximum absolute atomic E-state index is 9.67. The van der Waals surface area contributed by atoms with Gasteiger partial charge >= 0.3 is 0 Å². The standard InChI is InChI=1S/C87H57BN4O3/c1-87(2,3)55-37-42-74(67(47-55)53-23-8-5-9-24-53)92-75-48-56(90-71-33-16-12-27-61(71)62-28-13-17-34-72(62)90)38-40-69(75)88-70-41-39-57(91-73-35-18-14-29-63(73)64-43-44-89-51-77(64)91)49-79(70)93-81-46-54(45-76(92)84(81)88)59-31-20-32-66-82-80(95-85(59)66)50-68(86-83(82)65-30-15-19-36-78(65)94-86)60-26-11-10-25-58(60)52-21-6-4-7-22-52/h4-51H,1-3H3/i12D,13D,16D,17D,27D,28D,33D,34D. The molecule has 0 saturated heterocycles. The zero-order valence-electron chi connectivity index (χ0n) is 59.7. The van der Waals surface area contributed by atoms with Crippen molar-refractivity contribution in [1.82, 2.24) is 14.1 Å². The summed E-state index contributed by atoms with van der Waals surface area (Å²) in [7, 11) is 0. The van der Waals surface area contributed by atoms with Crippen LogP contribution in [0.15, 0.2) is 300 Å². The summed E-state index contributed by atoms with van der Waals surface area (Å²) in [5.74, 6) is 1.24. The summed E-state index contributed by atoms with van der Waals surface area (Å²) in [6.07, 6.45) is 3.73. The fourth-order valence-electron chi connectivity index (χ4n) is 15.4. The minimum atomic E-state index is -0.511. The Balaban J connectivity index is 0.900. The first-order valence-electron chi connectivity index (χ1n) is 36.0. The summed E-state index contributed by atoms with van der Waals surface area (Å²) in [6, 6.07) is 76.1. The van der Waals surface area contributed by atoms with Crippen molar-refractivity contribution in [2.75, 3.05) is 4.90 Å². The minimum Gasteiger partial charge on any atom is -0.458 e. The smallest absolute Gasteiger partial charge is 0.256 e. The number of pyridine rings is 1. The lowest BCUT2D eigenvalue weighted by Crippen LogP contribution is -2.59. The zero-order valence-corrected chi connectivity index (χ0v) is 51.7. The Kier molecular flexibility index (Phi) is 9.78. The van der Waals surface area contributed by atoms with Crippen molar-refractivity contribution in [3.63, 3.8) is 0 Å². The third kappa shape index (κ3) is 7.92. The van der Waals surface area contributed by atoms with Crippen molar-refractivity contribution >= 4 is 128 Å². The Morgan fingerprint density at radius 3 is 1.83 bits per heavy atom. The molecule has 20 rings (SSSR count). The van der Waals surface area contributed by atoms with E-state index >= 15 is 0 Å². The van der Waals surface area contributed by atoms with Crippen LogP contribution in [0.3, 0.4) is 0 Å². The molecule has 0 bridgehead atoms. The van der Waals surface area contributed by atoms with Gasteiger partial charge in [0.1, 0.15) is 33.8 Å². The van der Waals surface area contributed by atoms with Gasteiger partial charge in [-0.15, -0.1) is 0 Å². The Bertz CT molecular complexity index is 6640. The average Bonchev–Trinajstić information content (AvgIpc) is 1.54. The molecule has 0 unspecified atom stereocenters. The molecule has 7 nitrogen and oxygen atoms in total. The van der Waals surface area contributed by atoms with Crippen LogP contribution in [-0.4, -0.2) is 20.8 Å². The second-order valence-electron chi connectivity index (χ2n) is 25.9. The number of hydrogen-bond donors (Lipinski definition) is 0. The summed E-state index contributed by atoms with van der Waals surface area (Å²) >= 11 is 0. The molecule has 8 heteroatoms. The monoisotopic (exact) mass is 1220 g/mol. The second-order valence-corrected chi connectivity index (χ2v) is 25.9. The molecule has 95 heavy (non-hydrogen) atoms. The van der Waals surface area contributed by atoms with Gasteiger partial charge in [0.15, 0.2) is 0 Å². The molecule has 446 valence electrons. The summed E-state index contributed by atoms with van der Waals surface area (Å²) in [5, 5.41) is 5.86. The fourth-order valence-corrected chi connectivity index (χ4v) is 15.4. The molecule has 0 amide bonds. The van der Waals surface area contributed by atoms with E-state index in [1.54, 1.807) is 4.57 Å². The molecule has 0 saturated carbocycles. The fraction of sp³-hybridized carbons (Fsp3) is 0.0460. The maximum atomic E-state index is 9.67. The predicted molar refractivity (Wildman–Crippen MR) is 394 cm³/mol. The maximum Gasteiger partial charge on any atom is 0.256 e. The number of fused-ring (bicyclic) bond motifs is 17. The first-order valence-corrected chi connectivity index (χ1v) is 32.0. The third-order valence-corrected chi connectivity index (χ3v) is 19.7. The van der Waals surface area contributed by atoms with Crippen LogP contribution in [0.5, 0.6) is 11.5 Å². The molecule has 0 aliphatic carbocycles. The second kappa shape index (κ2) is 20.2. The molecule has 7 heterocycles. The largest absolute Gasteiger partial charge is 0.458 e. The van der Waals surface area contributed by atoms with E-state index < -0.39 is 43.0 Å². The Labute approximate surface area is 558 Å². The zero-order chi connectivity index (χ0) is 69.7. The number of rotatable bonds is 7. The van der Waals surface area contributed by atoms with Crippen LogP contribution in [0.4, 0.5) is 17.1 Å². The Morgan fingerprint density at radius 1 is 0.400 bits per heavy atom. The number of hydrogen-bond acceptors (Lipinski definition) is 5. The topological polar surface area (TPSA) is 61.5 Å². The number of benzene rings is 13. The van der Waals surface area contributed by atoms with Crippen molar-refractivity contribution in [2.45, 2.75) is 26.2 Å². The van der Waals surface area contributed by atoms with Crippen molar-refractivity contribution in [3.05, 3.63) is 297 Å². The molecule has 0 radical (unpaired) electrons.